The third-order valence-electron chi connectivity index (χ3n) is 4.03. The van der Waals surface area contributed by atoms with Crippen molar-refractivity contribution in [3.05, 3.63) is 0 Å². The van der Waals surface area contributed by atoms with Crippen molar-refractivity contribution >= 4 is 10.6 Å². The Hall–Kier alpha value is -0.700. The maximum atomic E-state index is 11.7. The van der Waals surface area contributed by atoms with Gasteiger partial charge in [-0.3, -0.25) is 0 Å². The summed E-state index contributed by atoms with van der Waals surface area (Å²) in [5, 5.41) is 77.0. The first-order valence-electron chi connectivity index (χ1n) is 7.11. The molecule has 0 aromatic heterocycles. The first-order valence-corrected chi connectivity index (χ1v) is 8.11. The molecule has 0 saturated heterocycles. The normalized spacial score (nSPS) is 31.5. The highest BCUT2D eigenvalue weighted by Crippen LogP contribution is 2.35. The quantitative estimate of drug-likeness (QED) is 0.223. The van der Waals surface area contributed by atoms with Gasteiger partial charge in [-0.2, -0.15) is 0 Å². The smallest absolute Gasteiger partial charge is 0.425 e. The fraction of sp³-hybridized carbons (Fsp3) is 1.00. The van der Waals surface area contributed by atoms with Gasteiger partial charge in [-0.25, -0.2) is 0 Å². The molecule has 1 rings (SSSR count). The zero-order chi connectivity index (χ0) is 19.0. The highest BCUT2D eigenvalue weighted by molar-refractivity contribution is 7.59. The Morgan fingerprint density at radius 2 is 1.54 bits per heavy atom. The van der Waals surface area contributed by atoms with Gasteiger partial charge < -0.3 is 40.9 Å². The summed E-state index contributed by atoms with van der Waals surface area (Å²) in [6.07, 6.45) is -9.04. The van der Waals surface area contributed by atoms with Gasteiger partial charge in [0.25, 0.3) is 0 Å². The molecule has 0 spiro atoms. The van der Waals surface area contributed by atoms with E-state index in [0.717, 1.165) is 0 Å². The molecular formula is C12H23O11S-. The summed E-state index contributed by atoms with van der Waals surface area (Å²) in [5.74, 6) is -1.11. The molecule has 144 valence electrons. The van der Waals surface area contributed by atoms with E-state index in [1.807, 2.05) is 0 Å². The van der Waals surface area contributed by atoms with E-state index in [1.165, 1.54) is 0 Å². The lowest BCUT2D eigenvalue weighted by Gasteiger charge is -2.36. The van der Waals surface area contributed by atoms with Gasteiger partial charge in [-0.15, -0.1) is 12.6 Å². The van der Waals surface area contributed by atoms with Gasteiger partial charge in [0.15, 0.2) is 0 Å². The standard InChI is InChI=1S/C12H23O8.O3S/c13-3-6-5(1-7(15)10(6)18)2-8(16)11(19)12(20)9(17)4-14;1-4(2)3/h5-18,20H,1-4H2;/q-1;/t5-,6-,7+,8+,9-,10+,11-,12-;/m1./s1. The number of hydrogen-bond donors (Lipinski definition) is 7. The Labute approximate surface area is 139 Å². The van der Waals surface area contributed by atoms with Crippen LogP contribution in [0.4, 0.5) is 0 Å². The van der Waals surface area contributed by atoms with Crippen LogP contribution in [0.25, 0.3) is 0 Å². The van der Waals surface area contributed by atoms with Gasteiger partial charge in [0.2, 0.25) is 0 Å². The second-order valence-electron chi connectivity index (χ2n) is 5.61. The van der Waals surface area contributed by atoms with Crippen LogP contribution in [0.5, 0.6) is 0 Å². The molecule has 12 heteroatoms. The average molecular weight is 375 g/mol. The predicted octanol–water partition coefficient (Wildman–Crippen LogP) is -5.47. The Balaban J connectivity index is 0.00000118. The molecule has 1 aliphatic carbocycles. The largest absolute Gasteiger partial charge is 0.848 e. The van der Waals surface area contributed by atoms with Crippen molar-refractivity contribution in [1.29, 1.82) is 0 Å². The SMILES string of the molecule is O=S(=O)=O.[O-][C@@H]([C@H](O)[C@H](O)CO)[C@@H](O)C[C@H]1C[C@H](O)[C@@H](O)[C@@H]1CO. The monoisotopic (exact) mass is 375 g/mol. The molecular weight excluding hydrogens is 352 g/mol. The van der Waals surface area contributed by atoms with Crippen molar-refractivity contribution in [3.8, 4) is 0 Å². The van der Waals surface area contributed by atoms with E-state index in [4.69, 9.17) is 27.9 Å². The maximum Gasteiger partial charge on any atom is 0.425 e. The van der Waals surface area contributed by atoms with Crippen molar-refractivity contribution in [3.63, 3.8) is 0 Å². The fourth-order valence-corrected chi connectivity index (χ4v) is 2.72. The first kappa shape index (κ1) is 23.3. The number of rotatable bonds is 7. The molecule has 0 radical (unpaired) electrons. The molecule has 0 aliphatic heterocycles. The van der Waals surface area contributed by atoms with Crippen LogP contribution >= 0.6 is 0 Å². The van der Waals surface area contributed by atoms with E-state index in [2.05, 4.69) is 0 Å². The summed E-state index contributed by atoms with van der Waals surface area (Å²) < 4.78 is 25.3. The molecule has 0 bridgehead atoms. The van der Waals surface area contributed by atoms with Crippen molar-refractivity contribution in [2.75, 3.05) is 13.2 Å². The maximum absolute atomic E-state index is 11.7. The molecule has 11 nitrogen and oxygen atoms in total. The van der Waals surface area contributed by atoms with E-state index in [-0.39, 0.29) is 19.4 Å². The van der Waals surface area contributed by atoms with Gasteiger partial charge in [0.05, 0.1) is 24.9 Å². The highest BCUT2D eigenvalue weighted by Gasteiger charge is 2.42. The lowest BCUT2D eigenvalue weighted by atomic mass is 9.87. The molecule has 7 N–H and O–H groups in total. The van der Waals surface area contributed by atoms with Crippen LogP contribution in [-0.2, 0) is 10.6 Å². The second-order valence-corrected chi connectivity index (χ2v) is 6.02. The van der Waals surface area contributed by atoms with E-state index in [9.17, 15) is 25.5 Å². The summed E-state index contributed by atoms with van der Waals surface area (Å²) in [6.45, 7) is -1.19. The van der Waals surface area contributed by atoms with Crippen LogP contribution in [0, 0.1) is 11.8 Å². The van der Waals surface area contributed by atoms with Gasteiger partial charge >= 0.3 is 10.6 Å². The van der Waals surface area contributed by atoms with Gasteiger partial charge in [0, 0.05) is 18.6 Å². The second kappa shape index (κ2) is 11.0. The van der Waals surface area contributed by atoms with Crippen LogP contribution in [0.15, 0.2) is 0 Å². The summed E-state index contributed by atoms with van der Waals surface area (Å²) in [7, 11) is -3.11. The minimum atomic E-state index is -3.11. The minimum absolute atomic E-state index is 0.122. The number of hydrogen-bond acceptors (Lipinski definition) is 11. The minimum Gasteiger partial charge on any atom is -0.848 e. The van der Waals surface area contributed by atoms with Crippen LogP contribution in [0.1, 0.15) is 12.8 Å². The molecule has 1 aliphatic rings. The molecule has 24 heavy (non-hydrogen) atoms. The van der Waals surface area contributed by atoms with Crippen LogP contribution in [0.3, 0.4) is 0 Å². The topological polar surface area (TPSA) is 216 Å². The van der Waals surface area contributed by atoms with E-state index in [0.29, 0.717) is 0 Å². The number of aliphatic hydroxyl groups is 7. The summed E-state index contributed by atoms with van der Waals surface area (Å²) >= 11 is 0. The fourth-order valence-electron chi connectivity index (χ4n) is 2.72. The summed E-state index contributed by atoms with van der Waals surface area (Å²) in [6, 6.07) is 0. The van der Waals surface area contributed by atoms with Crippen LogP contribution in [0.2, 0.25) is 0 Å². The summed E-state index contributed by atoms with van der Waals surface area (Å²) in [5.41, 5.74) is 0. The van der Waals surface area contributed by atoms with Gasteiger partial charge in [0.1, 0.15) is 6.10 Å². The highest BCUT2D eigenvalue weighted by atomic mass is 32.2. The molecule has 8 atom stereocenters. The van der Waals surface area contributed by atoms with E-state index >= 15 is 0 Å². The van der Waals surface area contributed by atoms with Crippen molar-refractivity contribution in [2.45, 2.75) is 49.5 Å². The Morgan fingerprint density at radius 3 is 1.96 bits per heavy atom. The molecule has 0 aromatic rings. The summed E-state index contributed by atoms with van der Waals surface area (Å²) in [4.78, 5) is 0. The molecule has 1 saturated carbocycles. The predicted molar refractivity (Wildman–Crippen MR) is 73.9 cm³/mol. The zero-order valence-electron chi connectivity index (χ0n) is 12.6. The molecule has 0 heterocycles. The third-order valence-corrected chi connectivity index (χ3v) is 4.03. The molecule has 0 amide bonds. The Kier molecular flexibility index (Phi) is 10.7. The van der Waals surface area contributed by atoms with E-state index in [1.54, 1.807) is 0 Å². The first-order chi connectivity index (χ1) is 11.1. The van der Waals surface area contributed by atoms with Crippen LogP contribution < -0.4 is 5.11 Å². The lowest BCUT2D eigenvalue weighted by Crippen LogP contribution is -2.54. The average Bonchev–Trinajstić information content (AvgIpc) is 2.78. The van der Waals surface area contributed by atoms with Crippen molar-refractivity contribution < 1.29 is 53.5 Å². The Morgan fingerprint density at radius 1 is 1.04 bits per heavy atom. The van der Waals surface area contributed by atoms with Gasteiger partial charge in [-0.05, 0) is 18.8 Å². The van der Waals surface area contributed by atoms with Gasteiger partial charge in [-0.1, -0.05) is 6.10 Å². The van der Waals surface area contributed by atoms with Crippen molar-refractivity contribution in [2.24, 2.45) is 11.8 Å². The van der Waals surface area contributed by atoms with E-state index < -0.39 is 65.7 Å². The Bertz CT molecular complexity index is 448. The lowest BCUT2D eigenvalue weighted by molar-refractivity contribution is -0.460. The molecule has 0 unspecified atom stereocenters. The van der Waals surface area contributed by atoms with Crippen molar-refractivity contribution in [1.82, 2.24) is 0 Å². The molecule has 1 fully saturated rings. The number of aliphatic hydroxyl groups excluding tert-OH is 7. The molecule has 0 aromatic carbocycles. The zero-order valence-corrected chi connectivity index (χ0v) is 13.4. The van der Waals surface area contributed by atoms with Crippen LogP contribution in [-0.4, -0.2) is 98.2 Å². The third kappa shape index (κ3) is 7.04.